The Morgan fingerprint density at radius 2 is 2.19 bits per heavy atom. The Labute approximate surface area is 128 Å². The smallest absolute Gasteiger partial charge is 0.161 e. The molecule has 1 aromatic rings. The summed E-state index contributed by atoms with van der Waals surface area (Å²) in [5, 5.41) is 0. The number of benzene rings is 1. The molecule has 4 rings (SSSR count). The van der Waals surface area contributed by atoms with Crippen LogP contribution in [0.15, 0.2) is 30.4 Å². The first-order valence-electron chi connectivity index (χ1n) is 7.85. The molecule has 110 valence electrons. The Morgan fingerprint density at radius 1 is 1.33 bits per heavy atom. The number of aryl methyl sites for hydroxylation is 1. The predicted octanol–water partition coefficient (Wildman–Crippen LogP) is 4.06. The van der Waals surface area contributed by atoms with Crippen molar-refractivity contribution >= 4 is 15.2 Å². The van der Waals surface area contributed by atoms with Crippen molar-refractivity contribution in [2.24, 2.45) is 17.3 Å². The summed E-state index contributed by atoms with van der Waals surface area (Å²) >= 11 is 0. The number of carbonyl (C=O) groups excluding carboxylic acids is 1. The maximum Gasteiger partial charge on any atom is 0.161 e. The average Bonchev–Trinajstić information content (AvgIpc) is 2.82. The lowest BCUT2D eigenvalue weighted by molar-refractivity contribution is -0.126. The number of fused-ring (bicyclic) bond motifs is 5. The van der Waals surface area contributed by atoms with Crippen LogP contribution in [0, 0.1) is 17.3 Å². The van der Waals surface area contributed by atoms with Gasteiger partial charge in [-0.2, -0.15) is 0 Å². The van der Waals surface area contributed by atoms with Gasteiger partial charge in [0, 0.05) is 5.41 Å². The van der Waals surface area contributed by atoms with Crippen LogP contribution in [0.25, 0.3) is 0 Å². The largest absolute Gasteiger partial charge is 0.480 e. The number of hydrogen-bond donors (Lipinski definition) is 0. The van der Waals surface area contributed by atoms with E-state index in [0.29, 0.717) is 23.5 Å². The monoisotopic (exact) mass is 300 g/mol. The molecular formula is C18H21O2P. The molecule has 0 N–H and O–H groups in total. The molecule has 0 spiro atoms. The molecule has 5 unspecified atom stereocenters. The molecular weight excluding hydrogens is 279 g/mol. The highest BCUT2D eigenvalue weighted by atomic mass is 31.0. The van der Waals surface area contributed by atoms with E-state index in [2.05, 4.69) is 40.7 Å². The molecule has 21 heavy (non-hydrogen) atoms. The fraction of sp³-hybridized carbons (Fsp3) is 0.500. The van der Waals surface area contributed by atoms with Gasteiger partial charge in [0.25, 0.3) is 0 Å². The Hall–Kier alpha value is -1.14. The lowest BCUT2D eigenvalue weighted by atomic mass is 9.55. The van der Waals surface area contributed by atoms with Crippen LogP contribution in [-0.2, 0) is 11.2 Å². The SMILES string of the molecule is CC12CCC3c4ccc(OP)cc4CCC3C1C=CC2=O. The molecule has 0 aliphatic heterocycles. The normalized spacial score (nSPS) is 36.9. The average molecular weight is 300 g/mol. The van der Waals surface area contributed by atoms with E-state index in [9.17, 15) is 4.79 Å². The van der Waals surface area contributed by atoms with Crippen LogP contribution >= 0.6 is 9.47 Å². The van der Waals surface area contributed by atoms with E-state index in [1.54, 1.807) is 0 Å². The quantitative estimate of drug-likeness (QED) is 0.731. The van der Waals surface area contributed by atoms with Crippen molar-refractivity contribution in [2.75, 3.05) is 0 Å². The summed E-state index contributed by atoms with van der Waals surface area (Å²) in [7, 11) is 2.32. The zero-order valence-electron chi connectivity index (χ0n) is 12.3. The topological polar surface area (TPSA) is 26.3 Å². The van der Waals surface area contributed by atoms with E-state index in [-0.39, 0.29) is 5.41 Å². The minimum Gasteiger partial charge on any atom is -0.480 e. The molecule has 3 heteroatoms. The zero-order valence-corrected chi connectivity index (χ0v) is 13.5. The molecule has 0 aromatic heterocycles. The van der Waals surface area contributed by atoms with E-state index in [1.165, 1.54) is 17.5 Å². The van der Waals surface area contributed by atoms with Gasteiger partial charge in [-0.3, -0.25) is 4.79 Å². The number of carbonyl (C=O) groups is 1. The van der Waals surface area contributed by atoms with Gasteiger partial charge in [-0.1, -0.05) is 19.1 Å². The first-order chi connectivity index (χ1) is 10.1. The minimum absolute atomic E-state index is 0.123. The molecule has 0 radical (unpaired) electrons. The molecule has 0 amide bonds. The third-order valence-electron chi connectivity index (χ3n) is 6.10. The van der Waals surface area contributed by atoms with E-state index in [0.717, 1.165) is 25.0 Å². The second kappa shape index (κ2) is 4.68. The molecule has 2 nitrogen and oxygen atoms in total. The van der Waals surface area contributed by atoms with E-state index >= 15 is 0 Å². The number of allylic oxidation sites excluding steroid dienone is 2. The van der Waals surface area contributed by atoms with Crippen LogP contribution in [-0.4, -0.2) is 5.78 Å². The molecule has 0 saturated heterocycles. The second-order valence-electron chi connectivity index (χ2n) is 6.99. The Kier molecular flexibility index (Phi) is 3.01. The lowest BCUT2D eigenvalue weighted by Gasteiger charge is -2.48. The van der Waals surface area contributed by atoms with Gasteiger partial charge in [0.05, 0.1) is 9.47 Å². The highest BCUT2D eigenvalue weighted by Crippen LogP contribution is 2.57. The first-order valence-corrected chi connectivity index (χ1v) is 8.33. The van der Waals surface area contributed by atoms with Crippen LogP contribution in [0.1, 0.15) is 43.2 Å². The minimum atomic E-state index is -0.123. The van der Waals surface area contributed by atoms with Crippen molar-refractivity contribution in [3.63, 3.8) is 0 Å². The van der Waals surface area contributed by atoms with Crippen LogP contribution in [0.2, 0.25) is 0 Å². The summed E-state index contributed by atoms with van der Waals surface area (Å²) in [6.45, 7) is 2.18. The van der Waals surface area contributed by atoms with Crippen LogP contribution < -0.4 is 4.52 Å². The fourth-order valence-corrected chi connectivity index (χ4v) is 5.05. The van der Waals surface area contributed by atoms with Gasteiger partial charge in [-0.25, -0.2) is 0 Å². The lowest BCUT2D eigenvalue weighted by Crippen LogP contribution is -2.42. The highest BCUT2D eigenvalue weighted by molar-refractivity contribution is 7.10. The Morgan fingerprint density at radius 3 is 3.00 bits per heavy atom. The van der Waals surface area contributed by atoms with Gasteiger partial charge >= 0.3 is 0 Å². The molecule has 3 aliphatic rings. The Balaban J connectivity index is 1.72. The predicted molar refractivity (Wildman–Crippen MR) is 86.3 cm³/mol. The van der Waals surface area contributed by atoms with Crippen LogP contribution in [0.3, 0.4) is 0 Å². The molecule has 0 heterocycles. The zero-order chi connectivity index (χ0) is 14.6. The van der Waals surface area contributed by atoms with Gasteiger partial charge in [0.15, 0.2) is 5.78 Å². The summed E-state index contributed by atoms with van der Waals surface area (Å²) < 4.78 is 5.28. The molecule has 3 aliphatic carbocycles. The third kappa shape index (κ3) is 1.85. The van der Waals surface area contributed by atoms with Gasteiger partial charge in [-0.15, -0.1) is 0 Å². The highest BCUT2D eigenvalue weighted by Gasteiger charge is 2.52. The number of rotatable bonds is 1. The van der Waals surface area contributed by atoms with Crippen LogP contribution in [0.4, 0.5) is 0 Å². The van der Waals surface area contributed by atoms with Gasteiger partial charge in [0.1, 0.15) is 5.75 Å². The summed E-state index contributed by atoms with van der Waals surface area (Å²) in [5.41, 5.74) is 2.81. The van der Waals surface area contributed by atoms with Crippen molar-refractivity contribution in [3.8, 4) is 5.75 Å². The molecule has 0 bridgehead atoms. The summed E-state index contributed by atoms with van der Waals surface area (Å²) in [6, 6.07) is 6.49. The maximum atomic E-state index is 12.2. The van der Waals surface area contributed by atoms with Crippen molar-refractivity contribution in [1.29, 1.82) is 0 Å². The maximum absolute atomic E-state index is 12.2. The van der Waals surface area contributed by atoms with Crippen molar-refractivity contribution in [1.82, 2.24) is 0 Å². The molecule has 1 saturated carbocycles. The molecule has 1 fully saturated rings. The standard InChI is InChI=1S/C18H21O2P/c1-18-9-8-14-13-5-3-12(20-21)10-11(13)2-4-15(14)16(18)6-7-17(18)19/h3,5-7,10,14-16H,2,4,8-9,21H2,1H3. The van der Waals surface area contributed by atoms with Crippen molar-refractivity contribution < 1.29 is 9.32 Å². The van der Waals surface area contributed by atoms with Crippen LogP contribution in [0.5, 0.6) is 5.75 Å². The van der Waals surface area contributed by atoms with Gasteiger partial charge in [-0.05, 0) is 72.8 Å². The number of hydrogen-bond acceptors (Lipinski definition) is 2. The van der Waals surface area contributed by atoms with Gasteiger partial charge in [0.2, 0.25) is 0 Å². The Bertz CT molecular complexity index is 636. The summed E-state index contributed by atoms with van der Waals surface area (Å²) in [6.07, 6.45) is 8.49. The van der Waals surface area contributed by atoms with E-state index in [1.807, 2.05) is 6.08 Å². The second-order valence-corrected chi connectivity index (χ2v) is 7.23. The van der Waals surface area contributed by atoms with E-state index in [4.69, 9.17) is 4.52 Å². The third-order valence-corrected chi connectivity index (χ3v) is 6.38. The van der Waals surface area contributed by atoms with Crippen molar-refractivity contribution in [2.45, 2.75) is 38.5 Å². The van der Waals surface area contributed by atoms with Crippen molar-refractivity contribution in [3.05, 3.63) is 41.5 Å². The van der Waals surface area contributed by atoms with Gasteiger partial charge < -0.3 is 4.52 Å². The first kappa shape index (κ1) is 13.5. The number of ketones is 1. The summed E-state index contributed by atoms with van der Waals surface area (Å²) in [4.78, 5) is 12.2. The summed E-state index contributed by atoms with van der Waals surface area (Å²) in [5.74, 6) is 2.95. The fourth-order valence-electron chi connectivity index (χ4n) is 4.91. The van der Waals surface area contributed by atoms with E-state index < -0.39 is 0 Å². The molecule has 5 atom stereocenters. The molecule has 1 aromatic carbocycles.